The minimum absolute atomic E-state index is 0.113. The summed E-state index contributed by atoms with van der Waals surface area (Å²) in [4.78, 5) is 14.6. The standard InChI is InChI=1S/C17H22N4OS2/c1-4-11-18-16-19-20-17(24-16)23-13(3)15(22)21(5-2)12-14-9-7-6-8-10-14/h4,6-10,13H,1,5,11-12H2,2-3H3,(H,18,19). The Morgan fingerprint density at radius 1 is 1.42 bits per heavy atom. The molecule has 1 aromatic carbocycles. The third kappa shape index (κ3) is 5.35. The average Bonchev–Trinajstić information content (AvgIpc) is 3.05. The van der Waals surface area contributed by atoms with Gasteiger partial charge in [-0.2, -0.15) is 0 Å². The summed E-state index contributed by atoms with van der Waals surface area (Å²) in [5, 5.41) is 11.8. The van der Waals surface area contributed by atoms with Crippen LogP contribution in [-0.4, -0.2) is 39.3 Å². The SMILES string of the molecule is C=CCNc1nnc(SC(C)C(=O)N(CC)Cc2ccccc2)s1. The van der Waals surface area contributed by atoms with E-state index < -0.39 is 0 Å². The van der Waals surface area contributed by atoms with Gasteiger partial charge in [-0.25, -0.2) is 0 Å². The van der Waals surface area contributed by atoms with E-state index in [0.29, 0.717) is 19.6 Å². The fourth-order valence-corrected chi connectivity index (χ4v) is 4.08. The Hall–Kier alpha value is -1.86. The molecule has 1 aromatic heterocycles. The predicted molar refractivity (Wildman–Crippen MR) is 101 cm³/mol. The molecule has 1 heterocycles. The van der Waals surface area contributed by atoms with Crippen LogP contribution in [0.5, 0.6) is 0 Å². The molecular formula is C17H22N4OS2. The Morgan fingerprint density at radius 3 is 2.83 bits per heavy atom. The summed E-state index contributed by atoms with van der Waals surface area (Å²) in [5.74, 6) is 0.113. The third-order valence-corrected chi connectivity index (χ3v) is 5.39. The summed E-state index contributed by atoms with van der Waals surface area (Å²) in [6.07, 6.45) is 1.77. The maximum atomic E-state index is 12.7. The van der Waals surface area contributed by atoms with Gasteiger partial charge in [-0.1, -0.05) is 59.5 Å². The van der Waals surface area contributed by atoms with Crippen molar-refractivity contribution in [2.75, 3.05) is 18.4 Å². The molecule has 0 aliphatic rings. The van der Waals surface area contributed by atoms with E-state index in [-0.39, 0.29) is 11.2 Å². The number of benzene rings is 1. The van der Waals surface area contributed by atoms with Crippen LogP contribution in [0.1, 0.15) is 19.4 Å². The van der Waals surface area contributed by atoms with Crippen molar-refractivity contribution in [2.24, 2.45) is 0 Å². The number of thioether (sulfide) groups is 1. The lowest BCUT2D eigenvalue weighted by Crippen LogP contribution is -2.35. The van der Waals surface area contributed by atoms with Crippen LogP contribution in [0.15, 0.2) is 47.3 Å². The second kappa shape index (κ2) is 9.44. The molecule has 24 heavy (non-hydrogen) atoms. The van der Waals surface area contributed by atoms with Crippen molar-refractivity contribution in [2.45, 2.75) is 30.0 Å². The fourth-order valence-electron chi connectivity index (χ4n) is 2.10. The molecule has 0 radical (unpaired) electrons. The highest BCUT2D eigenvalue weighted by Crippen LogP contribution is 2.29. The smallest absolute Gasteiger partial charge is 0.236 e. The van der Waals surface area contributed by atoms with E-state index in [9.17, 15) is 4.79 Å². The zero-order valence-electron chi connectivity index (χ0n) is 13.9. The van der Waals surface area contributed by atoms with Gasteiger partial charge < -0.3 is 10.2 Å². The molecule has 0 fully saturated rings. The molecule has 0 spiro atoms. The normalized spacial score (nSPS) is 11.8. The third-order valence-electron chi connectivity index (χ3n) is 3.34. The van der Waals surface area contributed by atoms with Crippen molar-refractivity contribution in [1.82, 2.24) is 15.1 Å². The maximum absolute atomic E-state index is 12.7. The molecule has 1 atom stereocenters. The Morgan fingerprint density at radius 2 is 2.17 bits per heavy atom. The van der Waals surface area contributed by atoms with Gasteiger partial charge in [-0.3, -0.25) is 4.79 Å². The first-order valence-corrected chi connectivity index (χ1v) is 9.51. The van der Waals surface area contributed by atoms with Crippen molar-refractivity contribution in [1.29, 1.82) is 0 Å². The number of nitrogens with one attached hydrogen (secondary N) is 1. The van der Waals surface area contributed by atoms with Gasteiger partial charge in [0.1, 0.15) is 0 Å². The molecule has 0 aliphatic heterocycles. The second-order valence-electron chi connectivity index (χ2n) is 5.14. The van der Waals surface area contributed by atoms with Crippen molar-refractivity contribution < 1.29 is 4.79 Å². The number of aromatic nitrogens is 2. The van der Waals surface area contributed by atoms with E-state index in [0.717, 1.165) is 15.0 Å². The summed E-state index contributed by atoms with van der Waals surface area (Å²) < 4.78 is 0.790. The monoisotopic (exact) mass is 362 g/mol. The lowest BCUT2D eigenvalue weighted by molar-refractivity contribution is -0.130. The molecule has 7 heteroatoms. The van der Waals surface area contributed by atoms with Gasteiger partial charge in [0, 0.05) is 19.6 Å². The summed E-state index contributed by atoms with van der Waals surface area (Å²) in [5.41, 5.74) is 1.14. The van der Waals surface area contributed by atoms with E-state index in [4.69, 9.17) is 0 Å². The van der Waals surface area contributed by atoms with E-state index in [1.54, 1.807) is 6.08 Å². The number of nitrogens with zero attached hydrogens (tertiary/aromatic N) is 3. The van der Waals surface area contributed by atoms with E-state index in [2.05, 4.69) is 22.1 Å². The van der Waals surface area contributed by atoms with Gasteiger partial charge in [0.15, 0.2) is 4.34 Å². The largest absolute Gasteiger partial charge is 0.357 e. The molecular weight excluding hydrogens is 340 g/mol. The molecule has 1 N–H and O–H groups in total. The zero-order chi connectivity index (χ0) is 17.4. The average molecular weight is 363 g/mol. The van der Waals surface area contributed by atoms with Gasteiger partial charge in [-0.05, 0) is 19.4 Å². The van der Waals surface area contributed by atoms with Crippen LogP contribution < -0.4 is 5.32 Å². The van der Waals surface area contributed by atoms with Crippen LogP contribution in [0.3, 0.4) is 0 Å². The minimum atomic E-state index is -0.200. The Kier molecular flexibility index (Phi) is 7.27. The van der Waals surface area contributed by atoms with Gasteiger partial charge in [-0.15, -0.1) is 16.8 Å². The van der Waals surface area contributed by atoms with Gasteiger partial charge in [0.05, 0.1) is 5.25 Å². The Balaban J connectivity index is 1.94. The number of hydrogen-bond donors (Lipinski definition) is 1. The molecule has 0 saturated carbocycles. The highest BCUT2D eigenvalue weighted by Gasteiger charge is 2.22. The highest BCUT2D eigenvalue weighted by atomic mass is 32.2. The van der Waals surface area contributed by atoms with Crippen molar-refractivity contribution in [3.63, 3.8) is 0 Å². The quantitative estimate of drug-likeness (QED) is 0.545. The Bertz CT molecular complexity index is 660. The molecule has 1 unspecified atom stereocenters. The second-order valence-corrected chi connectivity index (χ2v) is 7.71. The van der Waals surface area contributed by atoms with Crippen LogP contribution in [-0.2, 0) is 11.3 Å². The first-order valence-electron chi connectivity index (χ1n) is 7.81. The number of amides is 1. The van der Waals surface area contributed by atoms with E-state index in [1.807, 2.05) is 49.1 Å². The lowest BCUT2D eigenvalue weighted by Gasteiger charge is -2.23. The summed E-state index contributed by atoms with van der Waals surface area (Å²) in [7, 11) is 0. The lowest BCUT2D eigenvalue weighted by atomic mass is 10.2. The van der Waals surface area contributed by atoms with E-state index in [1.165, 1.54) is 23.1 Å². The van der Waals surface area contributed by atoms with Crippen LogP contribution in [0.4, 0.5) is 5.13 Å². The fraction of sp³-hybridized carbons (Fsp3) is 0.353. The summed E-state index contributed by atoms with van der Waals surface area (Å²) in [6, 6.07) is 10.0. The van der Waals surface area contributed by atoms with Crippen molar-refractivity contribution in [3.05, 3.63) is 48.6 Å². The number of hydrogen-bond acceptors (Lipinski definition) is 6. The number of rotatable bonds is 9. The highest BCUT2D eigenvalue weighted by molar-refractivity contribution is 8.02. The molecule has 0 aliphatic carbocycles. The zero-order valence-corrected chi connectivity index (χ0v) is 15.6. The number of carbonyl (C=O) groups is 1. The van der Waals surface area contributed by atoms with Crippen molar-refractivity contribution in [3.8, 4) is 0 Å². The first-order chi connectivity index (χ1) is 11.6. The predicted octanol–water partition coefficient (Wildman–Crippen LogP) is 3.67. The summed E-state index contributed by atoms with van der Waals surface area (Å²) >= 11 is 2.90. The maximum Gasteiger partial charge on any atom is 0.236 e. The van der Waals surface area contributed by atoms with Crippen LogP contribution >= 0.6 is 23.1 Å². The van der Waals surface area contributed by atoms with Gasteiger partial charge in [0.25, 0.3) is 0 Å². The number of carbonyl (C=O) groups excluding carboxylic acids is 1. The molecule has 0 saturated heterocycles. The molecule has 5 nitrogen and oxygen atoms in total. The van der Waals surface area contributed by atoms with Crippen LogP contribution in [0.2, 0.25) is 0 Å². The minimum Gasteiger partial charge on any atom is -0.357 e. The summed E-state index contributed by atoms with van der Waals surface area (Å²) in [6.45, 7) is 9.53. The van der Waals surface area contributed by atoms with E-state index >= 15 is 0 Å². The molecule has 2 rings (SSSR count). The number of anilines is 1. The first kappa shape index (κ1) is 18.5. The molecule has 128 valence electrons. The molecule has 0 bridgehead atoms. The van der Waals surface area contributed by atoms with Gasteiger partial charge >= 0.3 is 0 Å². The van der Waals surface area contributed by atoms with Gasteiger partial charge in [0.2, 0.25) is 11.0 Å². The van der Waals surface area contributed by atoms with Crippen LogP contribution in [0, 0.1) is 0 Å². The molecule has 1 amide bonds. The molecule has 2 aromatic rings. The van der Waals surface area contributed by atoms with Crippen LogP contribution in [0.25, 0.3) is 0 Å². The Labute approximate surface area is 151 Å². The topological polar surface area (TPSA) is 58.1 Å². The van der Waals surface area contributed by atoms with Crippen molar-refractivity contribution >= 4 is 34.1 Å².